The lowest BCUT2D eigenvalue weighted by atomic mass is 9.98. The van der Waals surface area contributed by atoms with Gasteiger partial charge < -0.3 is 25.6 Å². The number of halogens is 1. The highest BCUT2D eigenvalue weighted by atomic mass is 35.5. The number of carbonyl (C=O) groups is 3. The van der Waals surface area contributed by atoms with E-state index in [4.69, 9.17) is 15.9 Å². The number of ether oxygens (including phenoxy) is 1. The van der Waals surface area contributed by atoms with Crippen LogP contribution in [0, 0.1) is 17.2 Å². The Bertz CT molecular complexity index is 1420. The van der Waals surface area contributed by atoms with Crippen LogP contribution in [0.15, 0.2) is 47.4 Å². The van der Waals surface area contributed by atoms with Crippen LogP contribution in [0.4, 0.5) is 0 Å². The van der Waals surface area contributed by atoms with E-state index in [0.717, 1.165) is 31.1 Å². The summed E-state index contributed by atoms with van der Waals surface area (Å²) in [5.74, 6) is -1.50. The lowest BCUT2D eigenvalue weighted by molar-refractivity contribution is -0.149. The van der Waals surface area contributed by atoms with Crippen LogP contribution in [0.1, 0.15) is 39.0 Å². The van der Waals surface area contributed by atoms with E-state index in [1.807, 2.05) is 12.1 Å². The van der Waals surface area contributed by atoms with Crippen molar-refractivity contribution >= 4 is 56.9 Å². The third-order valence-corrected chi connectivity index (χ3v) is 9.05. The van der Waals surface area contributed by atoms with Gasteiger partial charge in [0.1, 0.15) is 12.6 Å². The molecule has 12 nitrogen and oxygen atoms in total. The van der Waals surface area contributed by atoms with Crippen molar-refractivity contribution in [1.29, 1.82) is 5.41 Å². The Balaban J connectivity index is 0.00000506. The first-order valence-electron chi connectivity index (χ1n) is 14.4. The lowest BCUT2D eigenvalue weighted by Gasteiger charge is -2.33. The smallest absolute Gasteiger partial charge is 0.325 e. The summed E-state index contributed by atoms with van der Waals surface area (Å²) >= 11 is 0. The highest BCUT2D eigenvalue weighted by Gasteiger charge is 2.35. The van der Waals surface area contributed by atoms with Gasteiger partial charge in [-0.1, -0.05) is 30.3 Å². The number of hydrogen-bond donors (Lipinski definition) is 4. The first-order chi connectivity index (χ1) is 20.1. The van der Waals surface area contributed by atoms with Crippen molar-refractivity contribution in [3.8, 4) is 0 Å². The summed E-state index contributed by atoms with van der Waals surface area (Å²) in [4.78, 5) is 42.2. The summed E-state index contributed by atoms with van der Waals surface area (Å²) in [5.41, 5.74) is 5.62. The fourth-order valence-corrected chi connectivity index (χ4v) is 6.39. The number of amides is 2. The van der Waals surface area contributed by atoms with Gasteiger partial charge >= 0.3 is 5.97 Å². The topological polar surface area (TPSA) is 175 Å². The molecule has 2 aromatic rings. The minimum Gasteiger partial charge on any atom is -0.465 e. The number of fused-ring (bicyclic) bond motifs is 1. The van der Waals surface area contributed by atoms with E-state index < -0.39 is 40.3 Å². The van der Waals surface area contributed by atoms with Crippen molar-refractivity contribution in [2.24, 2.45) is 17.6 Å². The van der Waals surface area contributed by atoms with Gasteiger partial charge in [-0.05, 0) is 67.3 Å². The van der Waals surface area contributed by atoms with Gasteiger partial charge in [0, 0.05) is 26.2 Å². The lowest BCUT2D eigenvalue weighted by Crippen LogP contribution is -2.52. The molecule has 1 aliphatic heterocycles. The van der Waals surface area contributed by atoms with E-state index in [1.54, 1.807) is 30.0 Å². The van der Waals surface area contributed by atoms with Gasteiger partial charge in [-0.3, -0.25) is 19.8 Å². The fraction of sp³-hybridized carbons (Fsp3) is 0.517. The maximum Gasteiger partial charge on any atom is 0.325 e. The number of hydrogen-bond acceptors (Lipinski definition) is 7. The minimum atomic E-state index is -4.22. The second-order valence-electron chi connectivity index (χ2n) is 11.0. The summed E-state index contributed by atoms with van der Waals surface area (Å²) in [6.45, 7) is 3.27. The number of likely N-dealkylation sites (tertiary alicyclic amines) is 1. The Hall–Kier alpha value is -3.42. The molecule has 5 N–H and O–H groups in total. The Morgan fingerprint density at radius 3 is 2.51 bits per heavy atom. The second-order valence-corrected chi connectivity index (χ2v) is 12.7. The van der Waals surface area contributed by atoms with E-state index in [9.17, 15) is 22.8 Å². The number of benzene rings is 2. The number of nitrogens with one attached hydrogen (secondary N) is 3. The van der Waals surface area contributed by atoms with E-state index >= 15 is 0 Å². The molecule has 1 aliphatic carbocycles. The zero-order valence-corrected chi connectivity index (χ0v) is 25.9. The quantitative estimate of drug-likeness (QED) is 0.146. The Labute approximate surface area is 258 Å². The van der Waals surface area contributed by atoms with Crippen LogP contribution in [0.2, 0.25) is 0 Å². The monoisotopic (exact) mass is 636 g/mol. The maximum atomic E-state index is 13.8. The third-order valence-electron chi connectivity index (χ3n) is 7.58. The number of piperidine rings is 1. The Morgan fingerprint density at radius 1 is 1.12 bits per heavy atom. The summed E-state index contributed by atoms with van der Waals surface area (Å²) in [6, 6.07) is 10.5. The largest absolute Gasteiger partial charge is 0.465 e. The summed E-state index contributed by atoms with van der Waals surface area (Å²) in [7, 11) is -4.22. The first kappa shape index (κ1) is 34.1. The number of nitrogens with zero attached hydrogens (tertiary/aromatic N) is 2. The zero-order valence-electron chi connectivity index (χ0n) is 24.3. The number of nitrogens with two attached hydrogens (primary N) is 1. The number of rotatable bonds is 13. The van der Waals surface area contributed by atoms with E-state index in [0.29, 0.717) is 25.0 Å². The molecule has 0 radical (unpaired) electrons. The predicted molar refractivity (Wildman–Crippen MR) is 165 cm³/mol. The van der Waals surface area contributed by atoms with Gasteiger partial charge in [-0.15, -0.1) is 12.4 Å². The van der Waals surface area contributed by atoms with Crippen molar-refractivity contribution in [3.05, 3.63) is 42.5 Å². The Morgan fingerprint density at radius 2 is 1.84 bits per heavy atom. The highest BCUT2D eigenvalue weighted by molar-refractivity contribution is 7.89. The molecule has 1 saturated carbocycles. The van der Waals surface area contributed by atoms with Crippen LogP contribution >= 0.6 is 12.4 Å². The average Bonchev–Trinajstić information content (AvgIpc) is 3.79. The fourth-order valence-electron chi connectivity index (χ4n) is 5.16. The number of esters is 1. The molecule has 43 heavy (non-hydrogen) atoms. The molecule has 0 spiro atoms. The van der Waals surface area contributed by atoms with Crippen LogP contribution in [-0.2, 0) is 29.1 Å². The standard InChI is InChI=1S/C29H40N6O6S.ClH/c1-2-41-27(37)19-35(17-20-9-10-20)28(38)25(15-26(36)32-16-21-6-5-13-34(18-21)29(30)31)33-42(39,40)24-12-11-22-7-3-4-8-23(22)14-24;/h3-4,7-8,11-12,14,20-21,25,33H,2,5-6,9-10,13,15-19H2,1H3,(H3,30,31)(H,32,36);1H/t21-,25-;/m0./s1. The van der Waals surface area contributed by atoms with Gasteiger partial charge in [-0.25, -0.2) is 8.42 Å². The maximum absolute atomic E-state index is 13.8. The number of carbonyl (C=O) groups excluding carboxylic acids is 3. The second kappa shape index (κ2) is 15.3. The van der Waals surface area contributed by atoms with Gasteiger partial charge in [-0.2, -0.15) is 4.72 Å². The van der Waals surface area contributed by atoms with Gasteiger partial charge in [0.05, 0.1) is 17.9 Å². The molecule has 0 unspecified atom stereocenters. The highest BCUT2D eigenvalue weighted by Crippen LogP contribution is 2.30. The van der Waals surface area contributed by atoms with E-state index in [2.05, 4.69) is 10.0 Å². The van der Waals surface area contributed by atoms with Crippen molar-refractivity contribution in [2.45, 2.75) is 50.0 Å². The minimum absolute atomic E-state index is 0. The first-order valence-corrected chi connectivity index (χ1v) is 15.8. The van der Waals surface area contributed by atoms with Crippen molar-refractivity contribution < 1.29 is 27.5 Å². The molecule has 14 heteroatoms. The van der Waals surface area contributed by atoms with Crippen LogP contribution in [0.5, 0.6) is 0 Å². The molecule has 0 aromatic heterocycles. The molecular formula is C29H41ClN6O6S. The molecule has 2 aliphatic rings. The van der Waals surface area contributed by atoms with Crippen molar-refractivity contribution in [1.82, 2.24) is 19.8 Å². The van der Waals surface area contributed by atoms with Crippen LogP contribution in [-0.4, -0.2) is 87.3 Å². The molecule has 2 fully saturated rings. The summed E-state index contributed by atoms with van der Waals surface area (Å²) < 4.78 is 34.5. The molecule has 4 rings (SSSR count). The van der Waals surface area contributed by atoms with Crippen molar-refractivity contribution in [2.75, 3.05) is 39.3 Å². The third kappa shape index (κ3) is 9.80. The van der Waals surface area contributed by atoms with E-state index in [1.165, 1.54) is 17.0 Å². The molecule has 236 valence electrons. The van der Waals surface area contributed by atoms with Gasteiger partial charge in [0.2, 0.25) is 21.8 Å². The van der Waals surface area contributed by atoms with Gasteiger partial charge in [0.15, 0.2) is 5.96 Å². The van der Waals surface area contributed by atoms with Crippen LogP contribution in [0.25, 0.3) is 10.8 Å². The Kier molecular flexibility index (Phi) is 12.2. The molecule has 1 saturated heterocycles. The molecule has 1 heterocycles. The van der Waals surface area contributed by atoms with Gasteiger partial charge in [0.25, 0.3) is 0 Å². The molecule has 2 amide bonds. The average molecular weight is 637 g/mol. The molecular weight excluding hydrogens is 596 g/mol. The number of sulfonamides is 1. The van der Waals surface area contributed by atoms with Crippen LogP contribution in [0.3, 0.4) is 0 Å². The van der Waals surface area contributed by atoms with E-state index in [-0.39, 0.29) is 54.8 Å². The normalized spacial score (nSPS) is 17.4. The molecule has 0 bridgehead atoms. The van der Waals surface area contributed by atoms with Crippen molar-refractivity contribution in [3.63, 3.8) is 0 Å². The number of guanidine groups is 1. The zero-order chi connectivity index (χ0) is 30.3. The molecule has 2 aromatic carbocycles. The SMILES string of the molecule is CCOC(=O)CN(CC1CC1)C(=O)[C@H](CC(=O)NC[C@@H]1CCCN(C(=N)N)C1)NS(=O)(=O)c1ccc2ccccc2c1.Cl. The summed E-state index contributed by atoms with van der Waals surface area (Å²) in [6.07, 6.45) is 3.03. The molecule has 2 atom stereocenters. The van der Waals surface area contributed by atoms with Crippen LogP contribution < -0.4 is 15.8 Å². The predicted octanol–water partition coefficient (Wildman–Crippen LogP) is 1.82. The summed E-state index contributed by atoms with van der Waals surface area (Å²) in [5, 5.41) is 12.1.